The zero-order valence-electron chi connectivity index (χ0n) is 10.3. The number of hydrogen-bond donors (Lipinski definition) is 0. The van der Waals surface area contributed by atoms with Crippen LogP contribution in [0, 0.1) is 0 Å². The van der Waals surface area contributed by atoms with Gasteiger partial charge in [0.05, 0.1) is 24.2 Å². The van der Waals surface area contributed by atoms with Crippen molar-refractivity contribution >= 4 is 22.9 Å². The van der Waals surface area contributed by atoms with Crippen molar-refractivity contribution in [3.05, 3.63) is 16.1 Å². The molecule has 104 valence electrons. The number of thiazole rings is 1. The van der Waals surface area contributed by atoms with E-state index in [1.165, 1.54) is 16.2 Å². The minimum atomic E-state index is -4.18. The van der Waals surface area contributed by atoms with E-state index in [1.807, 2.05) is 6.92 Å². The minimum absolute atomic E-state index is 0.290. The van der Waals surface area contributed by atoms with Crippen LogP contribution in [0.2, 0.25) is 0 Å². The van der Waals surface area contributed by atoms with Gasteiger partial charge in [0.15, 0.2) is 0 Å². The number of aromatic nitrogens is 1. The first-order chi connectivity index (χ1) is 8.41. The van der Waals surface area contributed by atoms with Crippen LogP contribution in [0.25, 0.3) is 0 Å². The summed E-state index contributed by atoms with van der Waals surface area (Å²) in [4.78, 5) is 5.68. The van der Waals surface area contributed by atoms with Crippen LogP contribution in [0.4, 0.5) is 13.2 Å². The van der Waals surface area contributed by atoms with Crippen molar-refractivity contribution < 1.29 is 13.2 Å². The third kappa shape index (κ3) is 4.40. The molecule has 0 saturated heterocycles. The van der Waals surface area contributed by atoms with Gasteiger partial charge in [-0.3, -0.25) is 4.90 Å². The first-order valence-corrected chi connectivity index (χ1v) is 7.13. The van der Waals surface area contributed by atoms with Gasteiger partial charge in [-0.1, -0.05) is 13.8 Å². The molecule has 0 aliphatic rings. The molecule has 7 heteroatoms. The summed E-state index contributed by atoms with van der Waals surface area (Å²) in [5.41, 5.74) is 0.721. The third-order valence-electron chi connectivity index (χ3n) is 2.61. The molecule has 1 atom stereocenters. The van der Waals surface area contributed by atoms with Crippen molar-refractivity contribution in [1.82, 2.24) is 9.88 Å². The lowest BCUT2D eigenvalue weighted by Crippen LogP contribution is -2.36. The van der Waals surface area contributed by atoms with Gasteiger partial charge in [0.25, 0.3) is 0 Å². The molecule has 0 aliphatic carbocycles. The van der Waals surface area contributed by atoms with E-state index in [0.29, 0.717) is 23.9 Å². The predicted molar refractivity (Wildman–Crippen MR) is 68.0 cm³/mol. The van der Waals surface area contributed by atoms with Crippen LogP contribution in [0.1, 0.15) is 37.0 Å². The fraction of sp³-hybridized carbons (Fsp3) is 0.727. The van der Waals surface area contributed by atoms with Gasteiger partial charge in [-0.05, 0) is 13.0 Å². The Balaban J connectivity index is 2.85. The van der Waals surface area contributed by atoms with E-state index in [9.17, 15) is 13.2 Å². The Morgan fingerprint density at radius 2 is 2.11 bits per heavy atom. The Morgan fingerprint density at radius 3 is 2.50 bits per heavy atom. The van der Waals surface area contributed by atoms with Gasteiger partial charge in [-0.25, -0.2) is 4.98 Å². The second-order valence-corrected chi connectivity index (χ2v) is 5.07. The van der Waals surface area contributed by atoms with Crippen molar-refractivity contribution in [2.24, 2.45) is 0 Å². The molecule has 1 aromatic heterocycles. The monoisotopic (exact) mass is 300 g/mol. The number of alkyl halides is 4. The molecule has 0 saturated carbocycles. The van der Waals surface area contributed by atoms with Crippen LogP contribution in [0.5, 0.6) is 0 Å². The van der Waals surface area contributed by atoms with Crippen molar-refractivity contribution in [3.63, 3.8) is 0 Å². The number of hydrogen-bond acceptors (Lipinski definition) is 3. The number of rotatable bonds is 6. The molecule has 1 heterocycles. The molecule has 2 nitrogen and oxygen atoms in total. The summed E-state index contributed by atoms with van der Waals surface area (Å²) in [5, 5.41) is 2.51. The fourth-order valence-corrected chi connectivity index (χ4v) is 3.06. The number of nitrogens with zero attached hydrogens (tertiary/aromatic N) is 2. The lowest BCUT2D eigenvalue weighted by molar-refractivity contribution is -0.150. The zero-order chi connectivity index (χ0) is 13.8. The minimum Gasteiger partial charge on any atom is -0.286 e. The van der Waals surface area contributed by atoms with E-state index in [0.717, 1.165) is 5.69 Å². The van der Waals surface area contributed by atoms with Gasteiger partial charge in [-0.15, -0.1) is 22.9 Å². The first-order valence-electron chi connectivity index (χ1n) is 5.72. The molecular weight excluding hydrogens is 285 g/mol. The Labute approximate surface area is 114 Å². The van der Waals surface area contributed by atoms with E-state index in [-0.39, 0.29) is 6.04 Å². The maximum absolute atomic E-state index is 12.5. The normalized spacial score (nSPS) is 14.2. The summed E-state index contributed by atoms with van der Waals surface area (Å²) >= 11 is 7.03. The van der Waals surface area contributed by atoms with Gasteiger partial charge in [0.1, 0.15) is 5.01 Å². The van der Waals surface area contributed by atoms with E-state index < -0.39 is 12.7 Å². The molecule has 1 aromatic rings. The quantitative estimate of drug-likeness (QED) is 0.731. The van der Waals surface area contributed by atoms with Gasteiger partial charge in [-0.2, -0.15) is 13.2 Å². The van der Waals surface area contributed by atoms with Gasteiger partial charge in [0.2, 0.25) is 0 Å². The van der Waals surface area contributed by atoms with Crippen LogP contribution in [-0.4, -0.2) is 29.1 Å². The summed E-state index contributed by atoms with van der Waals surface area (Å²) in [5.74, 6) is 0.290. The van der Waals surface area contributed by atoms with Crippen LogP contribution in [0.15, 0.2) is 5.38 Å². The molecular formula is C11H16ClF3N2S. The van der Waals surface area contributed by atoms with Crippen molar-refractivity contribution in [2.75, 3.05) is 13.1 Å². The largest absolute Gasteiger partial charge is 0.401 e. The molecule has 0 fully saturated rings. The van der Waals surface area contributed by atoms with Crippen LogP contribution in [-0.2, 0) is 5.88 Å². The molecule has 0 radical (unpaired) electrons. The smallest absolute Gasteiger partial charge is 0.286 e. The zero-order valence-corrected chi connectivity index (χ0v) is 11.9. The highest BCUT2D eigenvalue weighted by Gasteiger charge is 2.33. The van der Waals surface area contributed by atoms with Gasteiger partial charge < -0.3 is 0 Å². The number of halogens is 4. The summed E-state index contributed by atoms with van der Waals surface area (Å²) < 4.78 is 37.5. The fourth-order valence-electron chi connectivity index (χ4n) is 1.80. The van der Waals surface area contributed by atoms with E-state index in [2.05, 4.69) is 4.98 Å². The van der Waals surface area contributed by atoms with Crippen molar-refractivity contribution in [3.8, 4) is 0 Å². The lowest BCUT2D eigenvalue weighted by Gasteiger charge is -2.29. The summed E-state index contributed by atoms with van der Waals surface area (Å²) in [6.07, 6.45) is -3.59. The summed E-state index contributed by atoms with van der Waals surface area (Å²) in [6.45, 7) is 3.03. The molecule has 0 aromatic carbocycles. The molecule has 0 bridgehead atoms. The highest BCUT2D eigenvalue weighted by atomic mass is 35.5. The lowest BCUT2D eigenvalue weighted by atomic mass is 10.2. The average molecular weight is 301 g/mol. The molecule has 18 heavy (non-hydrogen) atoms. The maximum Gasteiger partial charge on any atom is 0.401 e. The molecule has 0 spiro atoms. The first kappa shape index (κ1) is 15.7. The van der Waals surface area contributed by atoms with Crippen molar-refractivity contribution in [2.45, 2.75) is 38.4 Å². The molecule has 0 aliphatic heterocycles. The average Bonchev–Trinajstić information content (AvgIpc) is 2.75. The van der Waals surface area contributed by atoms with Crippen LogP contribution in [0.3, 0.4) is 0 Å². The molecule has 1 rings (SSSR count). The maximum atomic E-state index is 12.5. The highest BCUT2D eigenvalue weighted by molar-refractivity contribution is 7.09. The van der Waals surface area contributed by atoms with Crippen molar-refractivity contribution in [1.29, 1.82) is 0 Å². The second-order valence-electron chi connectivity index (χ2n) is 3.91. The standard InChI is InChI=1S/C11H16ClF3N2S/c1-3-9(10-16-8(5-12)6-18-10)17(4-2)7-11(13,14)15/h6,9H,3-5,7H2,1-2H3. The van der Waals surface area contributed by atoms with E-state index >= 15 is 0 Å². The Hall–Kier alpha value is -0.330. The van der Waals surface area contributed by atoms with E-state index in [1.54, 1.807) is 12.3 Å². The summed E-state index contributed by atoms with van der Waals surface area (Å²) in [7, 11) is 0. The van der Waals surface area contributed by atoms with Crippen LogP contribution >= 0.6 is 22.9 Å². The topological polar surface area (TPSA) is 16.1 Å². The Kier molecular flexibility index (Phi) is 5.88. The van der Waals surface area contributed by atoms with E-state index in [4.69, 9.17) is 11.6 Å². The predicted octanol–water partition coefficient (Wildman–Crippen LogP) is 4.22. The van der Waals surface area contributed by atoms with Gasteiger partial charge in [0, 0.05) is 5.38 Å². The Bertz CT molecular complexity index is 367. The van der Waals surface area contributed by atoms with Gasteiger partial charge >= 0.3 is 6.18 Å². The molecule has 0 N–H and O–H groups in total. The molecule has 0 amide bonds. The SMILES string of the molecule is CCC(c1nc(CCl)cs1)N(CC)CC(F)(F)F. The van der Waals surface area contributed by atoms with Crippen LogP contribution < -0.4 is 0 Å². The third-order valence-corrected chi connectivity index (χ3v) is 3.88. The second kappa shape index (κ2) is 6.73. The Morgan fingerprint density at radius 1 is 1.44 bits per heavy atom. The highest BCUT2D eigenvalue weighted by Crippen LogP contribution is 2.30. The molecule has 1 unspecified atom stereocenters. The summed E-state index contributed by atoms with van der Waals surface area (Å²) in [6, 6.07) is -0.293.